The monoisotopic (exact) mass is 227 g/mol. The number of carboxylic acid groups (broad SMARTS) is 1. The molecule has 1 heterocycles. The summed E-state index contributed by atoms with van der Waals surface area (Å²) in [4.78, 5) is 14.7. The Hall–Kier alpha value is -2.03. The highest BCUT2D eigenvalue weighted by Gasteiger charge is 2.25. The van der Waals surface area contributed by atoms with Crippen LogP contribution in [0.2, 0.25) is 0 Å². The van der Waals surface area contributed by atoms with Crippen LogP contribution >= 0.6 is 0 Å². The predicted octanol–water partition coefficient (Wildman–Crippen LogP) is 2.87. The molecule has 0 amide bonds. The van der Waals surface area contributed by atoms with E-state index in [1.165, 1.54) is 0 Å². The van der Waals surface area contributed by atoms with Crippen LogP contribution in [0.25, 0.3) is 11.3 Å². The average Bonchev–Trinajstić information content (AvgIpc) is 2.88. The summed E-state index contributed by atoms with van der Waals surface area (Å²) in [5, 5.41) is 9.36. The van der Waals surface area contributed by atoms with Crippen LogP contribution in [0.3, 0.4) is 0 Å². The van der Waals surface area contributed by atoms with Crippen LogP contribution in [0.4, 0.5) is 0 Å². The van der Waals surface area contributed by atoms with Crippen LogP contribution in [-0.2, 0) is 12.8 Å². The summed E-state index contributed by atoms with van der Waals surface area (Å²) >= 11 is 0. The van der Waals surface area contributed by atoms with Crippen molar-refractivity contribution in [3.63, 3.8) is 0 Å². The Morgan fingerprint density at radius 3 is 2.65 bits per heavy atom. The summed E-state index contributed by atoms with van der Waals surface area (Å²) in [5.74, 6) is -0.830. The molecule has 86 valence electrons. The molecule has 0 fully saturated rings. The Morgan fingerprint density at radius 2 is 1.94 bits per heavy atom. The van der Waals surface area contributed by atoms with Gasteiger partial charge in [0.2, 0.25) is 0 Å². The van der Waals surface area contributed by atoms with E-state index in [1.54, 1.807) is 0 Å². The number of hydrogen-bond acceptors (Lipinski definition) is 1. The molecular weight excluding hydrogens is 214 g/mol. The van der Waals surface area contributed by atoms with E-state index in [-0.39, 0.29) is 0 Å². The normalized spacial score (nSPS) is 13.6. The lowest BCUT2D eigenvalue weighted by Crippen LogP contribution is -2.00. The molecular formula is C14H13NO2. The van der Waals surface area contributed by atoms with Gasteiger partial charge in [0.1, 0.15) is 0 Å². The van der Waals surface area contributed by atoms with Crippen LogP contribution in [0, 0.1) is 0 Å². The molecule has 0 bridgehead atoms. The summed E-state index contributed by atoms with van der Waals surface area (Å²) in [5.41, 5.74) is 4.25. The molecule has 0 spiro atoms. The lowest BCUT2D eigenvalue weighted by Gasteiger charge is -2.02. The summed E-state index contributed by atoms with van der Waals surface area (Å²) in [6.07, 6.45) is 2.89. The van der Waals surface area contributed by atoms with Crippen LogP contribution in [0.15, 0.2) is 30.3 Å². The van der Waals surface area contributed by atoms with E-state index in [0.29, 0.717) is 5.56 Å². The molecule has 2 N–H and O–H groups in total. The molecule has 2 aromatic rings. The molecule has 3 nitrogen and oxygen atoms in total. The van der Waals surface area contributed by atoms with E-state index < -0.39 is 5.97 Å². The molecule has 3 rings (SSSR count). The molecule has 0 radical (unpaired) electrons. The fourth-order valence-electron chi connectivity index (χ4n) is 2.58. The van der Waals surface area contributed by atoms with Crippen molar-refractivity contribution in [2.45, 2.75) is 19.3 Å². The maximum absolute atomic E-state index is 11.4. The number of carboxylic acids is 1. The minimum Gasteiger partial charge on any atom is -0.478 e. The van der Waals surface area contributed by atoms with E-state index in [9.17, 15) is 9.90 Å². The average molecular weight is 227 g/mol. The van der Waals surface area contributed by atoms with Gasteiger partial charge >= 0.3 is 5.97 Å². The number of aromatic amines is 1. The molecule has 0 aliphatic heterocycles. The van der Waals surface area contributed by atoms with Crippen LogP contribution in [-0.4, -0.2) is 16.1 Å². The van der Waals surface area contributed by atoms with Crippen molar-refractivity contribution in [3.8, 4) is 11.3 Å². The van der Waals surface area contributed by atoms with Gasteiger partial charge in [-0.15, -0.1) is 0 Å². The number of nitrogens with one attached hydrogen (secondary N) is 1. The third-order valence-corrected chi connectivity index (χ3v) is 3.32. The van der Waals surface area contributed by atoms with E-state index >= 15 is 0 Å². The van der Waals surface area contributed by atoms with Crippen LogP contribution < -0.4 is 0 Å². The molecule has 1 aliphatic rings. The summed E-state index contributed by atoms with van der Waals surface area (Å²) in [6, 6.07) is 9.65. The number of H-pyrrole nitrogens is 1. The zero-order valence-electron chi connectivity index (χ0n) is 9.36. The second-order valence-electron chi connectivity index (χ2n) is 4.36. The Labute approximate surface area is 99.1 Å². The third kappa shape index (κ3) is 1.55. The molecule has 3 heteroatoms. The molecule has 0 saturated carbocycles. The van der Waals surface area contributed by atoms with Gasteiger partial charge in [0.25, 0.3) is 0 Å². The standard InChI is InChI=1S/C14H13NO2/c16-14(17)12-10-7-4-8-11(10)15-13(12)9-5-2-1-3-6-9/h1-3,5-6,15H,4,7-8H2,(H,16,17). The number of aromatic carboxylic acids is 1. The molecule has 1 aromatic heterocycles. The van der Waals surface area contributed by atoms with Crippen molar-refractivity contribution < 1.29 is 9.90 Å². The van der Waals surface area contributed by atoms with Gasteiger partial charge in [-0.05, 0) is 30.4 Å². The zero-order chi connectivity index (χ0) is 11.8. The zero-order valence-corrected chi connectivity index (χ0v) is 9.36. The van der Waals surface area contributed by atoms with Gasteiger partial charge in [0.15, 0.2) is 0 Å². The second kappa shape index (κ2) is 3.77. The number of benzene rings is 1. The van der Waals surface area contributed by atoms with Gasteiger partial charge in [-0.25, -0.2) is 4.79 Å². The van der Waals surface area contributed by atoms with E-state index in [0.717, 1.165) is 41.8 Å². The van der Waals surface area contributed by atoms with Gasteiger partial charge in [0, 0.05) is 5.69 Å². The third-order valence-electron chi connectivity index (χ3n) is 3.32. The first-order chi connectivity index (χ1) is 8.27. The summed E-state index contributed by atoms with van der Waals surface area (Å²) in [6.45, 7) is 0. The number of hydrogen-bond donors (Lipinski definition) is 2. The van der Waals surface area contributed by atoms with E-state index in [2.05, 4.69) is 4.98 Å². The van der Waals surface area contributed by atoms with E-state index in [1.807, 2.05) is 30.3 Å². The van der Waals surface area contributed by atoms with Crippen molar-refractivity contribution in [1.29, 1.82) is 0 Å². The molecule has 1 aliphatic carbocycles. The first-order valence-corrected chi connectivity index (χ1v) is 5.80. The van der Waals surface area contributed by atoms with Gasteiger partial charge in [-0.3, -0.25) is 0 Å². The molecule has 0 atom stereocenters. The van der Waals surface area contributed by atoms with Crippen molar-refractivity contribution in [2.24, 2.45) is 0 Å². The van der Waals surface area contributed by atoms with Crippen molar-refractivity contribution in [1.82, 2.24) is 4.98 Å². The Kier molecular flexibility index (Phi) is 2.25. The van der Waals surface area contributed by atoms with Crippen LogP contribution in [0.5, 0.6) is 0 Å². The number of rotatable bonds is 2. The maximum Gasteiger partial charge on any atom is 0.338 e. The second-order valence-corrected chi connectivity index (χ2v) is 4.36. The SMILES string of the molecule is O=C(O)c1c(-c2ccccc2)[nH]c2c1CCC2. The predicted molar refractivity (Wildman–Crippen MR) is 65.2 cm³/mol. The van der Waals surface area contributed by atoms with Gasteiger partial charge in [-0.1, -0.05) is 30.3 Å². The smallest absolute Gasteiger partial charge is 0.338 e. The summed E-state index contributed by atoms with van der Waals surface area (Å²) < 4.78 is 0. The van der Waals surface area contributed by atoms with Crippen molar-refractivity contribution in [3.05, 3.63) is 47.2 Å². The lowest BCUT2D eigenvalue weighted by molar-refractivity contribution is 0.0697. The Morgan fingerprint density at radius 1 is 1.18 bits per heavy atom. The summed E-state index contributed by atoms with van der Waals surface area (Å²) in [7, 11) is 0. The molecule has 0 saturated heterocycles. The van der Waals surface area contributed by atoms with Gasteiger partial charge in [0.05, 0.1) is 11.3 Å². The maximum atomic E-state index is 11.4. The highest BCUT2D eigenvalue weighted by molar-refractivity contribution is 5.97. The number of fused-ring (bicyclic) bond motifs is 1. The van der Waals surface area contributed by atoms with Gasteiger partial charge in [-0.2, -0.15) is 0 Å². The fraction of sp³-hybridized carbons (Fsp3) is 0.214. The van der Waals surface area contributed by atoms with Crippen LogP contribution in [0.1, 0.15) is 28.0 Å². The largest absolute Gasteiger partial charge is 0.478 e. The van der Waals surface area contributed by atoms with E-state index in [4.69, 9.17) is 0 Å². The van der Waals surface area contributed by atoms with Crippen molar-refractivity contribution in [2.75, 3.05) is 0 Å². The molecule has 0 unspecified atom stereocenters. The van der Waals surface area contributed by atoms with Crippen molar-refractivity contribution >= 4 is 5.97 Å². The topological polar surface area (TPSA) is 53.1 Å². The fourth-order valence-corrected chi connectivity index (χ4v) is 2.58. The first kappa shape index (κ1) is 10.1. The number of carbonyl (C=O) groups is 1. The van der Waals surface area contributed by atoms with Gasteiger partial charge < -0.3 is 10.1 Å². The highest BCUT2D eigenvalue weighted by Crippen LogP contribution is 2.33. The number of aryl methyl sites for hydroxylation is 1. The molecule has 17 heavy (non-hydrogen) atoms. The Bertz CT molecular complexity index is 569. The Balaban J connectivity index is 2.21. The lowest BCUT2D eigenvalue weighted by atomic mass is 10.0. The minimum absolute atomic E-state index is 0.462. The minimum atomic E-state index is -0.830. The first-order valence-electron chi connectivity index (χ1n) is 5.80. The highest BCUT2D eigenvalue weighted by atomic mass is 16.4. The number of aromatic nitrogens is 1. The molecule has 1 aromatic carbocycles. The quantitative estimate of drug-likeness (QED) is 0.828.